The summed E-state index contributed by atoms with van der Waals surface area (Å²) in [6, 6.07) is 10.0. The van der Waals surface area contributed by atoms with Gasteiger partial charge in [0, 0.05) is 12.2 Å². The van der Waals surface area contributed by atoms with Crippen molar-refractivity contribution < 1.29 is 9.53 Å². The standard InChI is InChI=1S/C15H23NO2/c1-4-5-11-16(12-15(17)18-13(2)3)14-9-7-6-8-10-14/h6-10,13H,4-5,11-12H2,1-3H3. The molecule has 0 heterocycles. The Morgan fingerprint density at radius 1 is 1.28 bits per heavy atom. The molecule has 0 radical (unpaired) electrons. The predicted molar refractivity (Wildman–Crippen MR) is 74.8 cm³/mol. The molecule has 0 unspecified atom stereocenters. The number of carbonyl (C=O) groups excluding carboxylic acids is 1. The molecule has 100 valence electrons. The van der Waals surface area contributed by atoms with Crippen LogP contribution in [0.4, 0.5) is 5.69 Å². The molecule has 0 N–H and O–H groups in total. The Bertz CT molecular complexity index is 349. The highest BCUT2D eigenvalue weighted by Gasteiger charge is 2.13. The normalized spacial score (nSPS) is 10.4. The first-order valence-electron chi connectivity index (χ1n) is 6.63. The largest absolute Gasteiger partial charge is 0.462 e. The van der Waals surface area contributed by atoms with Crippen LogP contribution >= 0.6 is 0 Å². The van der Waals surface area contributed by atoms with Crippen LogP contribution in [-0.4, -0.2) is 25.2 Å². The Kier molecular flexibility index (Phi) is 6.26. The van der Waals surface area contributed by atoms with Gasteiger partial charge in [0.15, 0.2) is 0 Å². The summed E-state index contributed by atoms with van der Waals surface area (Å²) in [6.45, 7) is 7.10. The van der Waals surface area contributed by atoms with E-state index in [1.54, 1.807) is 0 Å². The van der Waals surface area contributed by atoms with E-state index >= 15 is 0 Å². The third-order valence-electron chi connectivity index (χ3n) is 2.59. The number of ether oxygens (including phenoxy) is 1. The van der Waals surface area contributed by atoms with E-state index in [9.17, 15) is 4.79 Å². The molecule has 0 aliphatic carbocycles. The van der Waals surface area contributed by atoms with E-state index in [1.165, 1.54) is 0 Å². The fourth-order valence-electron chi connectivity index (χ4n) is 1.74. The molecule has 0 spiro atoms. The number of hydrogen-bond donors (Lipinski definition) is 0. The van der Waals surface area contributed by atoms with Crippen molar-refractivity contribution in [1.29, 1.82) is 0 Å². The van der Waals surface area contributed by atoms with Crippen LogP contribution in [0, 0.1) is 0 Å². The number of esters is 1. The minimum absolute atomic E-state index is 0.0544. The number of para-hydroxylation sites is 1. The second-order valence-corrected chi connectivity index (χ2v) is 4.65. The maximum atomic E-state index is 11.7. The second-order valence-electron chi connectivity index (χ2n) is 4.65. The van der Waals surface area contributed by atoms with Gasteiger partial charge in [-0.05, 0) is 32.4 Å². The van der Waals surface area contributed by atoms with Gasteiger partial charge in [-0.25, -0.2) is 0 Å². The summed E-state index contributed by atoms with van der Waals surface area (Å²) in [6.07, 6.45) is 2.13. The van der Waals surface area contributed by atoms with E-state index in [1.807, 2.05) is 44.2 Å². The Balaban J connectivity index is 2.64. The van der Waals surface area contributed by atoms with Crippen molar-refractivity contribution >= 4 is 11.7 Å². The van der Waals surface area contributed by atoms with Gasteiger partial charge in [-0.15, -0.1) is 0 Å². The van der Waals surface area contributed by atoms with Gasteiger partial charge in [-0.3, -0.25) is 4.79 Å². The summed E-state index contributed by atoms with van der Waals surface area (Å²) < 4.78 is 5.20. The number of rotatable bonds is 7. The molecular formula is C15H23NO2. The third-order valence-corrected chi connectivity index (χ3v) is 2.59. The number of anilines is 1. The maximum absolute atomic E-state index is 11.7. The average molecular weight is 249 g/mol. The second kappa shape index (κ2) is 7.75. The monoisotopic (exact) mass is 249 g/mol. The van der Waals surface area contributed by atoms with E-state index in [-0.39, 0.29) is 12.1 Å². The highest BCUT2D eigenvalue weighted by atomic mass is 16.5. The molecule has 18 heavy (non-hydrogen) atoms. The molecule has 0 amide bonds. The Labute approximate surface area is 110 Å². The smallest absolute Gasteiger partial charge is 0.325 e. The lowest BCUT2D eigenvalue weighted by Crippen LogP contribution is -2.32. The summed E-state index contributed by atoms with van der Waals surface area (Å²) in [5.74, 6) is -0.162. The lowest BCUT2D eigenvalue weighted by atomic mass is 10.2. The zero-order valence-electron chi connectivity index (χ0n) is 11.6. The van der Waals surface area contributed by atoms with Gasteiger partial charge in [-0.2, -0.15) is 0 Å². The number of nitrogens with zero attached hydrogens (tertiary/aromatic N) is 1. The van der Waals surface area contributed by atoms with Crippen LogP contribution in [0.5, 0.6) is 0 Å². The molecule has 0 saturated carbocycles. The predicted octanol–water partition coefficient (Wildman–Crippen LogP) is 3.24. The van der Waals surface area contributed by atoms with Crippen molar-refractivity contribution in [1.82, 2.24) is 0 Å². The van der Waals surface area contributed by atoms with Crippen molar-refractivity contribution in [2.24, 2.45) is 0 Å². The van der Waals surface area contributed by atoms with E-state index < -0.39 is 0 Å². The maximum Gasteiger partial charge on any atom is 0.325 e. The fourth-order valence-corrected chi connectivity index (χ4v) is 1.74. The topological polar surface area (TPSA) is 29.5 Å². The third kappa shape index (κ3) is 5.21. The molecule has 3 nitrogen and oxygen atoms in total. The number of benzene rings is 1. The number of unbranched alkanes of at least 4 members (excludes halogenated alkanes) is 1. The van der Waals surface area contributed by atoms with Gasteiger partial charge in [0.05, 0.1) is 6.10 Å². The Hall–Kier alpha value is -1.51. The minimum atomic E-state index is -0.162. The highest BCUT2D eigenvalue weighted by Crippen LogP contribution is 2.14. The average Bonchev–Trinajstić information content (AvgIpc) is 2.34. The summed E-state index contributed by atoms with van der Waals surface area (Å²) >= 11 is 0. The van der Waals surface area contributed by atoms with Gasteiger partial charge in [-0.1, -0.05) is 31.5 Å². The van der Waals surface area contributed by atoms with Gasteiger partial charge in [0.25, 0.3) is 0 Å². The van der Waals surface area contributed by atoms with Gasteiger partial charge in [0.2, 0.25) is 0 Å². The lowest BCUT2D eigenvalue weighted by molar-refractivity contribution is -0.145. The molecule has 1 aromatic rings. The minimum Gasteiger partial charge on any atom is -0.462 e. The summed E-state index contributed by atoms with van der Waals surface area (Å²) in [7, 11) is 0. The fraction of sp³-hybridized carbons (Fsp3) is 0.533. The molecule has 0 atom stereocenters. The highest BCUT2D eigenvalue weighted by molar-refractivity contribution is 5.76. The van der Waals surface area contributed by atoms with Crippen molar-refractivity contribution in [2.45, 2.75) is 39.7 Å². The molecule has 0 bridgehead atoms. The molecule has 0 aromatic heterocycles. The first-order valence-corrected chi connectivity index (χ1v) is 6.63. The molecule has 0 fully saturated rings. The van der Waals surface area contributed by atoms with Crippen molar-refractivity contribution in [3.05, 3.63) is 30.3 Å². The lowest BCUT2D eigenvalue weighted by Gasteiger charge is -2.24. The van der Waals surface area contributed by atoms with Gasteiger partial charge < -0.3 is 9.64 Å². The molecule has 1 aromatic carbocycles. The zero-order chi connectivity index (χ0) is 13.4. The zero-order valence-corrected chi connectivity index (χ0v) is 11.6. The quantitative estimate of drug-likeness (QED) is 0.695. The first kappa shape index (κ1) is 14.6. The van der Waals surface area contributed by atoms with Crippen LogP contribution in [0.2, 0.25) is 0 Å². The Morgan fingerprint density at radius 2 is 1.94 bits per heavy atom. The van der Waals surface area contributed by atoms with Crippen LogP contribution in [0.15, 0.2) is 30.3 Å². The molecular weight excluding hydrogens is 226 g/mol. The van der Waals surface area contributed by atoms with Crippen molar-refractivity contribution in [2.75, 3.05) is 18.0 Å². The molecule has 0 saturated heterocycles. The summed E-state index contributed by atoms with van der Waals surface area (Å²) in [5, 5.41) is 0. The summed E-state index contributed by atoms with van der Waals surface area (Å²) in [4.78, 5) is 13.8. The molecule has 0 aliphatic rings. The van der Waals surface area contributed by atoms with E-state index in [0.29, 0.717) is 6.54 Å². The first-order chi connectivity index (χ1) is 8.63. The van der Waals surface area contributed by atoms with E-state index in [2.05, 4.69) is 11.8 Å². The van der Waals surface area contributed by atoms with Crippen LogP contribution in [-0.2, 0) is 9.53 Å². The molecule has 3 heteroatoms. The van der Waals surface area contributed by atoms with Gasteiger partial charge >= 0.3 is 5.97 Å². The summed E-state index contributed by atoms with van der Waals surface area (Å²) in [5.41, 5.74) is 1.08. The van der Waals surface area contributed by atoms with E-state index in [4.69, 9.17) is 4.74 Å². The van der Waals surface area contributed by atoms with Crippen molar-refractivity contribution in [3.8, 4) is 0 Å². The molecule has 1 rings (SSSR count). The van der Waals surface area contributed by atoms with Crippen LogP contribution in [0.3, 0.4) is 0 Å². The molecule has 0 aliphatic heterocycles. The van der Waals surface area contributed by atoms with Crippen LogP contribution in [0.1, 0.15) is 33.6 Å². The van der Waals surface area contributed by atoms with Crippen LogP contribution in [0.25, 0.3) is 0 Å². The SMILES string of the molecule is CCCCN(CC(=O)OC(C)C)c1ccccc1. The van der Waals surface area contributed by atoms with Crippen LogP contribution < -0.4 is 4.90 Å². The number of hydrogen-bond acceptors (Lipinski definition) is 3. The van der Waals surface area contributed by atoms with Gasteiger partial charge in [0.1, 0.15) is 6.54 Å². The van der Waals surface area contributed by atoms with E-state index in [0.717, 1.165) is 25.1 Å². The Morgan fingerprint density at radius 3 is 2.50 bits per heavy atom. The van der Waals surface area contributed by atoms with Crippen molar-refractivity contribution in [3.63, 3.8) is 0 Å². The number of carbonyl (C=O) groups is 1.